The van der Waals surface area contributed by atoms with Gasteiger partial charge in [-0.2, -0.15) is 0 Å². The molecule has 2 atom stereocenters. The summed E-state index contributed by atoms with van der Waals surface area (Å²) in [6.45, 7) is 0.562. The molecule has 2 amide bonds. The zero-order valence-electron chi connectivity index (χ0n) is 13.4. The molecule has 0 aromatic heterocycles. The van der Waals surface area contributed by atoms with Crippen LogP contribution in [0.5, 0.6) is 0 Å². The molecule has 0 aromatic carbocycles. The van der Waals surface area contributed by atoms with E-state index in [4.69, 9.17) is 28.0 Å². The zero-order chi connectivity index (χ0) is 19.1. The smallest absolute Gasteiger partial charge is 0.847 e. The van der Waals surface area contributed by atoms with E-state index in [0.29, 0.717) is 25.8 Å². The molecule has 0 unspecified atom stereocenters. The van der Waals surface area contributed by atoms with Crippen molar-refractivity contribution in [1.82, 2.24) is 5.32 Å². The number of urea groups is 1. The molecule has 0 saturated carbocycles. The summed E-state index contributed by atoms with van der Waals surface area (Å²) >= 11 is 0. The summed E-state index contributed by atoms with van der Waals surface area (Å²) in [6.07, 6.45) is 1.49. The molecule has 10 N–H and O–H groups in total. The molecule has 0 aromatic rings. The van der Waals surface area contributed by atoms with Crippen LogP contribution >= 0.6 is 0 Å². The number of nitrogens with one attached hydrogen (secondary N) is 1. The summed E-state index contributed by atoms with van der Waals surface area (Å²) in [7, 11) is 0. The van der Waals surface area contributed by atoms with Crippen molar-refractivity contribution in [2.45, 2.75) is 37.8 Å². The Morgan fingerprint density at radius 1 is 1.04 bits per heavy atom. The molecule has 149 valence electrons. The van der Waals surface area contributed by atoms with Crippen molar-refractivity contribution in [3.63, 3.8) is 0 Å². The van der Waals surface area contributed by atoms with Crippen molar-refractivity contribution in [2.75, 3.05) is 13.1 Å². The van der Waals surface area contributed by atoms with Gasteiger partial charge in [0.25, 0.3) is 0 Å². The van der Waals surface area contributed by atoms with E-state index >= 15 is 0 Å². The number of aliphatic carboxylic acids is 2. The summed E-state index contributed by atoms with van der Waals surface area (Å²) in [5.41, 5.74) is 19.8. The van der Waals surface area contributed by atoms with Crippen molar-refractivity contribution < 1.29 is 46.8 Å². The molecule has 25 heavy (non-hydrogen) atoms. The number of hydrogen-bond donors (Lipinski definition) is 6. The predicted molar refractivity (Wildman–Crippen MR) is 81.1 cm³/mol. The first kappa shape index (κ1) is 27.8. The monoisotopic (exact) mass is 411 g/mol. The van der Waals surface area contributed by atoms with Crippen molar-refractivity contribution in [3.8, 4) is 0 Å². The van der Waals surface area contributed by atoms with Crippen LogP contribution in [0.25, 0.3) is 0 Å². The number of primary amides is 1. The minimum absolute atomic E-state index is 0. The maximum absolute atomic E-state index is 10.2. The molecular formula is C12H24CuN6O6. The molecule has 0 saturated heterocycles. The van der Waals surface area contributed by atoms with Crippen LogP contribution in [0.1, 0.15) is 25.7 Å². The zero-order valence-corrected chi connectivity index (χ0v) is 14.4. The Hall–Kier alpha value is -2.08. The van der Waals surface area contributed by atoms with Crippen LogP contribution in [0.4, 0.5) is 4.79 Å². The second-order valence-electron chi connectivity index (χ2n) is 4.67. The Kier molecular flexibility index (Phi) is 18.6. The predicted octanol–water partition coefficient (Wildman–Crippen LogP) is -4.64. The van der Waals surface area contributed by atoms with E-state index in [-0.39, 0.29) is 30.0 Å². The quantitative estimate of drug-likeness (QED) is 0.0873. The fourth-order valence-corrected chi connectivity index (χ4v) is 1.28. The van der Waals surface area contributed by atoms with Crippen molar-refractivity contribution in [2.24, 2.45) is 27.9 Å². The SMILES string of the molecule is NC(=O)NCCC[C@H](N)C(=O)O.NC([O-])=NCCC[C@H](N)C(=O)[O-].[Cu+2]. The molecule has 0 rings (SSSR count). The van der Waals surface area contributed by atoms with Gasteiger partial charge >= 0.3 is 29.1 Å². The van der Waals surface area contributed by atoms with Gasteiger partial charge in [0.05, 0.1) is 5.97 Å². The number of hydrogen-bond acceptors (Lipinski definition) is 8. The standard InChI is InChI=1S/2C6H13N3O3.Cu/c2*7-4(5(10)11)2-1-3-9-6(8)12;/h2*4H,1-3,7H2,(H,10,11)(H3,8,9,12);/q;;+2/p-2/t2*4-;/m00./s1. The van der Waals surface area contributed by atoms with E-state index in [1.807, 2.05) is 0 Å². The van der Waals surface area contributed by atoms with E-state index < -0.39 is 36.1 Å². The first-order valence-electron chi connectivity index (χ1n) is 7.03. The minimum atomic E-state index is -1.30. The van der Waals surface area contributed by atoms with Gasteiger partial charge in [-0.3, -0.25) is 9.79 Å². The molecule has 1 radical (unpaired) electrons. The molecule has 0 fully saturated rings. The van der Waals surface area contributed by atoms with Gasteiger partial charge in [0, 0.05) is 25.2 Å². The summed E-state index contributed by atoms with van der Waals surface area (Å²) < 4.78 is 0. The van der Waals surface area contributed by atoms with E-state index in [2.05, 4.69) is 10.3 Å². The van der Waals surface area contributed by atoms with Crippen LogP contribution in [0, 0.1) is 0 Å². The fraction of sp³-hybridized carbons (Fsp3) is 0.667. The van der Waals surface area contributed by atoms with Gasteiger partial charge in [-0.15, -0.1) is 0 Å². The number of carbonyl (C=O) groups excluding carboxylic acids is 2. The molecular weight excluding hydrogens is 388 g/mol. The van der Waals surface area contributed by atoms with Crippen molar-refractivity contribution in [1.29, 1.82) is 0 Å². The third kappa shape index (κ3) is 21.9. The van der Waals surface area contributed by atoms with Crippen molar-refractivity contribution >= 4 is 24.0 Å². The number of nitrogens with two attached hydrogens (primary N) is 4. The molecule has 0 aliphatic rings. The van der Waals surface area contributed by atoms with E-state index in [0.717, 1.165) is 0 Å². The Labute approximate surface area is 155 Å². The third-order valence-corrected chi connectivity index (χ3v) is 2.55. The first-order chi connectivity index (χ1) is 11.1. The van der Waals surface area contributed by atoms with Crippen molar-refractivity contribution in [3.05, 3.63) is 0 Å². The number of carboxylic acid groups (broad SMARTS) is 2. The number of amides is 2. The second kappa shape index (κ2) is 16.8. The van der Waals surface area contributed by atoms with Gasteiger partial charge < -0.3 is 48.4 Å². The van der Waals surface area contributed by atoms with Gasteiger partial charge in [0.15, 0.2) is 0 Å². The van der Waals surface area contributed by atoms with Gasteiger partial charge in [0.1, 0.15) is 6.04 Å². The molecule has 0 aliphatic carbocycles. The molecule has 0 bridgehead atoms. The van der Waals surface area contributed by atoms with Crippen LogP contribution in [0.2, 0.25) is 0 Å². The number of carboxylic acids is 2. The Morgan fingerprint density at radius 3 is 1.96 bits per heavy atom. The Balaban J connectivity index is -0.000000372. The Bertz CT molecular complexity index is 432. The van der Waals surface area contributed by atoms with Crippen LogP contribution in [-0.4, -0.2) is 54.3 Å². The third-order valence-electron chi connectivity index (χ3n) is 2.55. The van der Waals surface area contributed by atoms with Crippen LogP contribution in [-0.2, 0) is 26.7 Å². The van der Waals surface area contributed by atoms with E-state index in [9.17, 15) is 24.6 Å². The number of nitrogens with zero attached hydrogens (tertiary/aromatic N) is 1. The van der Waals surface area contributed by atoms with Gasteiger partial charge in [-0.05, 0) is 25.7 Å². The minimum Gasteiger partial charge on any atom is -0.847 e. The van der Waals surface area contributed by atoms with Crippen LogP contribution in [0.15, 0.2) is 4.99 Å². The molecule has 0 aliphatic heterocycles. The molecule has 0 spiro atoms. The Morgan fingerprint density at radius 2 is 1.56 bits per heavy atom. The first-order valence-corrected chi connectivity index (χ1v) is 7.03. The second-order valence-corrected chi connectivity index (χ2v) is 4.67. The summed E-state index contributed by atoms with van der Waals surface area (Å²) in [5.74, 6) is -2.33. The van der Waals surface area contributed by atoms with Crippen LogP contribution in [0.3, 0.4) is 0 Å². The van der Waals surface area contributed by atoms with Crippen LogP contribution < -0.4 is 38.5 Å². The summed E-state index contributed by atoms with van der Waals surface area (Å²) in [5, 5.41) is 30.8. The maximum Gasteiger partial charge on any atom is 2.00 e. The summed E-state index contributed by atoms with van der Waals surface area (Å²) in [4.78, 5) is 33.7. The average Bonchev–Trinajstić information content (AvgIpc) is 2.47. The van der Waals surface area contributed by atoms with Gasteiger partial charge in [0.2, 0.25) is 0 Å². The molecule has 13 heteroatoms. The van der Waals surface area contributed by atoms with Gasteiger partial charge in [-0.1, -0.05) is 0 Å². The number of rotatable bonds is 10. The normalized spacial score (nSPS) is 12.6. The maximum atomic E-state index is 10.2. The topological polar surface area (TPSA) is 246 Å². The van der Waals surface area contributed by atoms with Gasteiger partial charge in [-0.25, -0.2) is 4.79 Å². The number of amidine groups is 1. The van der Waals surface area contributed by atoms with E-state index in [1.54, 1.807) is 0 Å². The summed E-state index contributed by atoms with van der Waals surface area (Å²) in [6, 6.07) is -3.22. The molecule has 0 heterocycles. The van der Waals surface area contributed by atoms with E-state index in [1.165, 1.54) is 0 Å². The fourth-order valence-electron chi connectivity index (χ4n) is 1.28. The number of aliphatic imine (C=N–C) groups is 1. The average molecular weight is 412 g/mol. The number of carbonyl (C=O) groups is 3. The largest absolute Gasteiger partial charge is 2.00 e. The molecule has 12 nitrogen and oxygen atoms in total.